The summed E-state index contributed by atoms with van der Waals surface area (Å²) in [6.07, 6.45) is 5.36. The van der Waals surface area contributed by atoms with E-state index in [0.29, 0.717) is 11.1 Å². The quantitative estimate of drug-likeness (QED) is 0.792. The number of thioether (sulfide) groups is 1. The Bertz CT molecular complexity index is 1110. The maximum absolute atomic E-state index is 12.8. The molecule has 0 radical (unpaired) electrons. The van der Waals surface area contributed by atoms with Crippen LogP contribution in [0.15, 0.2) is 81.5 Å². The maximum Gasteiger partial charge on any atom is 0.294 e. The minimum absolute atomic E-state index is 0.0516. The molecule has 0 aromatic heterocycles. The smallest absolute Gasteiger partial charge is 0.293 e. The van der Waals surface area contributed by atoms with Crippen molar-refractivity contribution >= 4 is 33.4 Å². The number of allylic oxidation sites excluding steroid dienone is 3. The van der Waals surface area contributed by atoms with Crippen LogP contribution >= 0.6 is 11.8 Å². The number of carbonyl (C=O) groups excluding carboxylic acids is 2. The summed E-state index contributed by atoms with van der Waals surface area (Å²) < 4.78 is 31.3. The molecular formula is C20H14O5S2. The van der Waals surface area contributed by atoms with E-state index in [-0.39, 0.29) is 16.5 Å². The second-order valence-electron chi connectivity index (χ2n) is 6.30. The average Bonchev–Trinajstić information content (AvgIpc) is 2.66. The summed E-state index contributed by atoms with van der Waals surface area (Å²) in [4.78, 5) is 26.9. The minimum atomic E-state index is -4.23. The van der Waals surface area contributed by atoms with E-state index in [4.69, 9.17) is 4.55 Å². The highest BCUT2D eigenvalue weighted by Gasteiger charge is 2.40. The summed E-state index contributed by atoms with van der Waals surface area (Å²) in [6.45, 7) is 0. The molecular weight excluding hydrogens is 384 g/mol. The van der Waals surface area contributed by atoms with Gasteiger partial charge in [0.25, 0.3) is 10.1 Å². The topological polar surface area (TPSA) is 88.5 Å². The van der Waals surface area contributed by atoms with Crippen LogP contribution < -0.4 is 0 Å². The molecule has 2 aromatic carbocycles. The number of carbonyl (C=O) groups is 2. The van der Waals surface area contributed by atoms with E-state index in [2.05, 4.69) is 0 Å². The van der Waals surface area contributed by atoms with Gasteiger partial charge in [-0.1, -0.05) is 54.3 Å². The fourth-order valence-electron chi connectivity index (χ4n) is 3.30. The fraction of sp³-hybridized carbons (Fsp3) is 0.100. The van der Waals surface area contributed by atoms with Crippen molar-refractivity contribution in [1.29, 1.82) is 0 Å². The molecule has 2 unspecified atom stereocenters. The zero-order valence-corrected chi connectivity index (χ0v) is 15.5. The Morgan fingerprint density at radius 2 is 1.44 bits per heavy atom. The molecule has 0 amide bonds. The van der Waals surface area contributed by atoms with Crippen LogP contribution in [0.5, 0.6) is 0 Å². The van der Waals surface area contributed by atoms with Gasteiger partial charge in [-0.3, -0.25) is 14.1 Å². The summed E-state index contributed by atoms with van der Waals surface area (Å²) in [7, 11) is -4.23. The molecule has 136 valence electrons. The van der Waals surface area contributed by atoms with Crippen LogP contribution in [0.1, 0.15) is 20.7 Å². The molecule has 27 heavy (non-hydrogen) atoms. The summed E-state index contributed by atoms with van der Waals surface area (Å²) in [5.41, 5.74) is 0.927. The van der Waals surface area contributed by atoms with E-state index in [9.17, 15) is 18.0 Å². The van der Waals surface area contributed by atoms with Gasteiger partial charge < -0.3 is 0 Å². The van der Waals surface area contributed by atoms with E-state index >= 15 is 0 Å². The average molecular weight is 398 g/mol. The fourth-order valence-corrected chi connectivity index (χ4v) is 4.69. The van der Waals surface area contributed by atoms with Crippen molar-refractivity contribution in [1.82, 2.24) is 0 Å². The third kappa shape index (κ3) is 3.29. The van der Waals surface area contributed by atoms with E-state index in [1.54, 1.807) is 48.6 Å². The Labute approximate surface area is 160 Å². The third-order valence-electron chi connectivity index (χ3n) is 4.62. The van der Waals surface area contributed by atoms with Crippen LogP contribution in [0.2, 0.25) is 0 Å². The highest BCUT2D eigenvalue weighted by Crippen LogP contribution is 2.39. The lowest BCUT2D eigenvalue weighted by molar-refractivity contribution is 0.0801. The number of fused-ring (bicyclic) bond motifs is 2. The van der Waals surface area contributed by atoms with E-state index in [1.807, 2.05) is 6.08 Å². The molecule has 1 N–H and O–H groups in total. The van der Waals surface area contributed by atoms with Gasteiger partial charge in [0.05, 0.1) is 16.7 Å². The van der Waals surface area contributed by atoms with Gasteiger partial charge in [0.1, 0.15) is 0 Å². The second-order valence-corrected chi connectivity index (χ2v) is 8.87. The van der Waals surface area contributed by atoms with Crippen molar-refractivity contribution in [2.75, 3.05) is 0 Å². The van der Waals surface area contributed by atoms with Crippen LogP contribution in [-0.4, -0.2) is 24.5 Å². The molecule has 0 saturated heterocycles. The van der Waals surface area contributed by atoms with Gasteiger partial charge in [0, 0.05) is 20.9 Å². The summed E-state index contributed by atoms with van der Waals surface area (Å²) in [5, 5.41) is 0. The van der Waals surface area contributed by atoms with Crippen molar-refractivity contribution in [3.63, 3.8) is 0 Å². The van der Waals surface area contributed by atoms with Gasteiger partial charge in [0.2, 0.25) is 0 Å². The number of ketones is 2. The third-order valence-corrected chi connectivity index (χ3v) is 6.50. The molecule has 0 bridgehead atoms. The number of benzene rings is 2. The lowest BCUT2D eigenvalue weighted by Gasteiger charge is -2.29. The molecule has 0 spiro atoms. The molecule has 0 heterocycles. The van der Waals surface area contributed by atoms with Gasteiger partial charge in [-0.2, -0.15) is 8.42 Å². The lowest BCUT2D eigenvalue weighted by atomic mass is 9.72. The van der Waals surface area contributed by atoms with E-state index < -0.39 is 22.0 Å². The van der Waals surface area contributed by atoms with E-state index in [0.717, 1.165) is 9.80 Å². The Morgan fingerprint density at radius 1 is 0.852 bits per heavy atom. The first kappa shape index (κ1) is 17.9. The molecule has 0 saturated carbocycles. The SMILES string of the molecule is O=C1c2ccccc2C(=O)C2C=C(Sc3ccc(S(=O)(=O)O)cc3)C=CC12. The van der Waals surface area contributed by atoms with Crippen LogP contribution in [0.4, 0.5) is 0 Å². The molecule has 7 heteroatoms. The van der Waals surface area contributed by atoms with Crippen LogP contribution in [-0.2, 0) is 10.1 Å². The normalized spacial score (nSPS) is 21.4. The molecule has 2 atom stereocenters. The van der Waals surface area contributed by atoms with Gasteiger partial charge in [-0.15, -0.1) is 0 Å². The first-order valence-electron chi connectivity index (χ1n) is 8.17. The molecule has 4 rings (SSSR count). The number of hydrogen-bond donors (Lipinski definition) is 1. The Morgan fingerprint density at radius 3 is 2.04 bits per heavy atom. The molecule has 5 nitrogen and oxygen atoms in total. The maximum atomic E-state index is 12.8. The molecule has 0 fully saturated rings. The van der Waals surface area contributed by atoms with Crippen LogP contribution in [0.25, 0.3) is 0 Å². The highest BCUT2D eigenvalue weighted by atomic mass is 32.2. The Kier molecular flexibility index (Phi) is 4.38. The number of rotatable bonds is 3. The van der Waals surface area contributed by atoms with Gasteiger partial charge in [-0.05, 0) is 24.3 Å². The number of Topliss-reactive ketones (excluding diaryl/α,β-unsaturated/α-hetero) is 2. The first-order valence-corrected chi connectivity index (χ1v) is 10.4. The van der Waals surface area contributed by atoms with Crippen LogP contribution in [0, 0.1) is 11.8 Å². The Hall–Kier alpha value is -2.48. The number of hydrogen-bond acceptors (Lipinski definition) is 5. The van der Waals surface area contributed by atoms with Crippen molar-refractivity contribution in [2.45, 2.75) is 9.79 Å². The predicted octanol–water partition coefficient (Wildman–Crippen LogP) is 3.79. The van der Waals surface area contributed by atoms with Crippen molar-refractivity contribution in [2.24, 2.45) is 11.8 Å². The molecule has 2 aromatic rings. The Balaban J connectivity index is 1.61. The zero-order chi connectivity index (χ0) is 19.2. The predicted molar refractivity (Wildman–Crippen MR) is 101 cm³/mol. The largest absolute Gasteiger partial charge is 0.294 e. The first-order chi connectivity index (χ1) is 12.8. The monoisotopic (exact) mass is 398 g/mol. The van der Waals surface area contributed by atoms with Gasteiger partial charge in [-0.25, -0.2) is 0 Å². The summed E-state index contributed by atoms with van der Waals surface area (Å²) in [6, 6.07) is 12.7. The van der Waals surface area contributed by atoms with Crippen molar-refractivity contribution < 1.29 is 22.6 Å². The minimum Gasteiger partial charge on any atom is -0.293 e. The zero-order valence-electron chi connectivity index (χ0n) is 13.9. The van der Waals surface area contributed by atoms with Crippen molar-refractivity contribution in [3.05, 3.63) is 82.8 Å². The molecule has 2 aliphatic carbocycles. The molecule has 0 aliphatic heterocycles. The second kappa shape index (κ2) is 6.60. The standard InChI is InChI=1S/C20H14O5S2/c21-19-15-3-1-2-4-16(15)20(22)18-11-13(7-10-17(18)19)26-12-5-8-14(9-6-12)27(23,24)25/h1-11,17-18H,(H,23,24,25). The van der Waals surface area contributed by atoms with E-state index in [1.165, 1.54) is 23.9 Å². The van der Waals surface area contributed by atoms with Crippen LogP contribution in [0.3, 0.4) is 0 Å². The van der Waals surface area contributed by atoms with Crippen molar-refractivity contribution in [3.8, 4) is 0 Å². The van der Waals surface area contributed by atoms with Gasteiger partial charge >= 0.3 is 0 Å². The lowest BCUT2D eigenvalue weighted by Crippen LogP contribution is -2.35. The highest BCUT2D eigenvalue weighted by molar-refractivity contribution is 8.03. The molecule has 2 aliphatic rings. The summed E-state index contributed by atoms with van der Waals surface area (Å²) >= 11 is 1.36. The van der Waals surface area contributed by atoms with Gasteiger partial charge in [0.15, 0.2) is 11.6 Å². The summed E-state index contributed by atoms with van der Waals surface area (Å²) in [5.74, 6) is -1.14.